The van der Waals surface area contributed by atoms with Crippen LogP contribution in [0.25, 0.3) is 16.5 Å². The zero-order valence-corrected chi connectivity index (χ0v) is 9.28. The van der Waals surface area contributed by atoms with Crippen LogP contribution < -0.4 is 0 Å². The number of aryl methyl sites for hydroxylation is 1. The van der Waals surface area contributed by atoms with Crippen LogP contribution in [-0.4, -0.2) is 6.54 Å². The summed E-state index contributed by atoms with van der Waals surface area (Å²) < 4.78 is 0. The largest absolute Gasteiger partial charge is 0.0937 e. The van der Waals surface area contributed by atoms with Crippen LogP contribution in [0.2, 0.25) is 5.02 Å². The monoisotopic (exact) mass is 221 g/mol. The highest BCUT2D eigenvalue weighted by Gasteiger charge is 1.97. The Balaban J connectivity index is 2.64. The molecule has 0 N–H and O–H groups in total. The SMILES string of the molecule is Cc1cccc(C=CCCN=[N+]=[N-])c1Cl. The molecule has 0 unspecified atom stereocenters. The maximum absolute atomic E-state index is 8.08. The standard InChI is InChI=1S/C11H12ClN3/c1-9-5-4-7-10(11(9)12)6-2-3-8-14-15-13/h2,4-7H,3,8H2,1H3. The van der Waals surface area contributed by atoms with Gasteiger partial charge in [-0.25, -0.2) is 0 Å². The van der Waals surface area contributed by atoms with Crippen LogP contribution in [-0.2, 0) is 0 Å². The molecule has 0 fully saturated rings. The van der Waals surface area contributed by atoms with E-state index in [4.69, 9.17) is 17.1 Å². The number of azide groups is 1. The summed E-state index contributed by atoms with van der Waals surface area (Å²) in [5.41, 5.74) is 10.1. The lowest BCUT2D eigenvalue weighted by Gasteiger charge is -2.00. The Labute approximate surface area is 94.0 Å². The summed E-state index contributed by atoms with van der Waals surface area (Å²) in [5.74, 6) is 0. The highest BCUT2D eigenvalue weighted by Crippen LogP contribution is 2.21. The lowest BCUT2D eigenvalue weighted by molar-refractivity contribution is 0.995. The maximum atomic E-state index is 8.08. The fraction of sp³-hybridized carbons (Fsp3) is 0.273. The number of nitrogens with zero attached hydrogens (tertiary/aromatic N) is 3. The summed E-state index contributed by atoms with van der Waals surface area (Å²) in [4.78, 5) is 2.68. The number of halogens is 1. The molecule has 0 amide bonds. The van der Waals surface area contributed by atoms with Gasteiger partial charge in [0.15, 0.2) is 0 Å². The topological polar surface area (TPSA) is 48.8 Å². The predicted molar refractivity (Wildman–Crippen MR) is 63.9 cm³/mol. The molecule has 0 saturated carbocycles. The van der Waals surface area contributed by atoms with Gasteiger partial charge in [0.2, 0.25) is 0 Å². The first kappa shape index (κ1) is 11.6. The fourth-order valence-electron chi connectivity index (χ4n) is 1.19. The first-order valence-corrected chi connectivity index (χ1v) is 5.06. The summed E-state index contributed by atoms with van der Waals surface area (Å²) in [6.45, 7) is 2.45. The van der Waals surface area contributed by atoms with Gasteiger partial charge in [-0.1, -0.05) is 47.1 Å². The Morgan fingerprint density at radius 3 is 3.07 bits per heavy atom. The molecule has 1 aromatic carbocycles. The van der Waals surface area contributed by atoms with E-state index in [1.807, 2.05) is 37.3 Å². The third kappa shape index (κ3) is 3.66. The molecule has 0 atom stereocenters. The highest BCUT2D eigenvalue weighted by molar-refractivity contribution is 6.32. The van der Waals surface area contributed by atoms with E-state index in [0.717, 1.165) is 22.6 Å². The minimum Gasteiger partial charge on any atom is -0.0937 e. The van der Waals surface area contributed by atoms with Crippen molar-refractivity contribution in [1.82, 2.24) is 0 Å². The molecule has 0 bridgehead atoms. The molecule has 15 heavy (non-hydrogen) atoms. The highest BCUT2D eigenvalue weighted by atomic mass is 35.5. The van der Waals surface area contributed by atoms with Crippen molar-refractivity contribution < 1.29 is 0 Å². The maximum Gasteiger partial charge on any atom is 0.0507 e. The van der Waals surface area contributed by atoms with Crippen LogP contribution in [0.5, 0.6) is 0 Å². The molecule has 0 aliphatic carbocycles. The van der Waals surface area contributed by atoms with Gasteiger partial charge in [-0.3, -0.25) is 0 Å². The summed E-state index contributed by atoms with van der Waals surface area (Å²) >= 11 is 6.10. The quantitative estimate of drug-likeness (QED) is 0.314. The van der Waals surface area contributed by atoms with Gasteiger partial charge in [0.1, 0.15) is 0 Å². The lowest BCUT2D eigenvalue weighted by Crippen LogP contribution is -1.80. The van der Waals surface area contributed by atoms with Gasteiger partial charge in [0.25, 0.3) is 0 Å². The van der Waals surface area contributed by atoms with Gasteiger partial charge in [-0.05, 0) is 30.0 Å². The zero-order chi connectivity index (χ0) is 11.1. The van der Waals surface area contributed by atoms with Crippen LogP contribution in [0.4, 0.5) is 0 Å². The zero-order valence-electron chi connectivity index (χ0n) is 8.52. The van der Waals surface area contributed by atoms with Crippen molar-refractivity contribution in [3.63, 3.8) is 0 Å². The van der Waals surface area contributed by atoms with E-state index in [9.17, 15) is 0 Å². The second kappa shape index (κ2) is 6.12. The first-order chi connectivity index (χ1) is 7.25. The predicted octanol–water partition coefficient (Wildman–Crippen LogP) is 4.36. The van der Waals surface area contributed by atoms with E-state index < -0.39 is 0 Å². The third-order valence-electron chi connectivity index (χ3n) is 1.98. The van der Waals surface area contributed by atoms with Crippen molar-refractivity contribution in [2.75, 3.05) is 6.54 Å². The van der Waals surface area contributed by atoms with E-state index >= 15 is 0 Å². The normalized spacial score (nSPS) is 10.3. The van der Waals surface area contributed by atoms with Crippen molar-refractivity contribution in [3.8, 4) is 0 Å². The lowest BCUT2D eigenvalue weighted by atomic mass is 10.1. The molecule has 0 aliphatic rings. The average Bonchev–Trinajstić information content (AvgIpc) is 2.24. The molecule has 1 rings (SSSR count). The molecule has 4 heteroatoms. The van der Waals surface area contributed by atoms with E-state index in [1.54, 1.807) is 0 Å². The smallest absolute Gasteiger partial charge is 0.0507 e. The van der Waals surface area contributed by atoms with Crippen molar-refractivity contribution in [2.45, 2.75) is 13.3 Å². The molecular formula is C11H12ClN3. The number of rotatable bonds is 4. The molecular weight excluding hydrogens is 210 g/mol. The van der Waals surface area contributed by atoms with Crippen molar-refractivity contribution in [2.24, 2.45) is 5.11 Å². The van der Waals surface area contributed by atoms with Gasteiger partial charge >= 0.3 is 0 Å². The summed E-state index contributed by atoms with van der Waals surface area (Å²) in [5, 5.41) is 4.21. The van der Waals surface area contributed by atoms with Gasteiger partial charge in [0.05, 0.1) is 5.02 Å². The number of benzene rings is 1. The minimum atomic E-state index is 0.483. The Bertz CT molecular complexity index is 406. The Hall–Kier alpha value is -1.44. The van der Waals surface area contributed by atoms with E-state index in [0.29, 0.717) is 6.54 Å². The number of hydrogen-bond acceptors (Lipinski definition) is 1. The Morgan fingerprint density at radius 2 is 2.33 bits per heavy atom. The van der Waals surface area contributed by atoms with Crippen molar-refractivity contribution in [3.05, 3.63) is 50.9 Å². The molecule has 0 saturated heterocycles. The van der Waals surface area contributed by atoms with Crippen LogP contribution in [0, 0.1) is 6.92 Å². The van der Waals surface area contributed by atoms with E-state index in [-0.39, 0.29) is 0 Å². The first-order valence-electron chi connectivity index (χ1n) is 4.68. The van der Waals surface area contributed by atoms with Crippen LogP contribution in [0.15, 0.2) is 29.4 Å². The van der Waals surface area contributed by atoms with Gasteiger partial charge in [-0.2, -0.15) is 0 Å². The van der Waals surface area contributed by atoms with Gasteiger partial charge in [-0.15, -0.1) is 0 Å². The van der Waals surface area contributed by atoms with Crippen molar-refractivity contribution in [1.29, 1.82) is 0 Å². The second-order valence-electron chi connectivity index (χ2n) is 3.12. The van der Waals surface area contributed by atoms with Gasteiger partial charge < -0.3 is 0 Å². The molecule has 78 valence electrons. The van der Waals surface area contributed by atoms with Gasteiger partial charge in [0, 0.05) is 11.5 Å². The average molecular weight is 222 g/mol. The number of hydrogen-bond donors (Lipinski definition) is 0. The van der Waals surface area contributed by atoms with Crippen LogP contribution >= 0.6 is 11.6 Å². The molecule has 0 heterocycles. The van der Waals surface area contributed by atoms with E-state index in [2.05, 4.69) is 10.0 Å². The molecule has 0 radical (unpaired) electrons. The Kier molecular flexibility index (Phi) is 4.75. The second-order valence-corrected chi connectivity index (χ2v) is 3.50. The molecule has 3 nitrogen and oxygen atoms in total. The van der Waals surface area contributed by atoms with Crippen molar-refractivity contribution >= 4 is 17.7 Å². The molecule has 0 aliphatic heterocycles. The fourth-order valence-corrected chi connectivity index (χ4v) is 1.38. The van der Waals surface area contributed by atoms with E-state index in [1.165, 1.54) is 0 Å². The third-order valence-corrected chi connectivity index (χ3v) is 2.49. The summed E-state index contributed by atoms with van der Waals surface area (Å²) in [6, 6.07) is 5.90. The summed E-state index contributed by atoms with van der Waals surface area (Å²) in [6.07, 6.45) is 4.63. The molecule has 1 aromatic rings. The van der Waals surface area contributed by atoms with Crippen LogP contribution in [0.3, 0.4) is 0 Å². The summed E-state index contributed by atoms with van der Waals surface area (Å²) in [7, 11) is 0. The Morgan fingerprint density at radius 1 is 1.53 bits per heavy atom. The minimum absolute atomic E-state index is 0.483. The van der Waals surface area contributed by atoms with Crippen LogP contribution in [0.1, 0.15) is 17.5 Å². The molecule has 0 aromatic heterocycles. The molecule has 0 spiro atoms.